The highest BCUT2D eigenvalue weighted by atomic mass is 32.1. The molecule has 3 N–H and O–H groups in total. The van der Waals surface area contributed by atoms with Crippen molar-refractivity contribution in [2.24, 2.45) is 4.99 Å². The molecule has 3 rings (SSSR count). The van der Waals surface area contributed by atoms with Crippen molar-refractivity contribution in [1.82, 2.24) is 15.6 Å². The fraction of sp³-hybridized carbons (Fsp3) is 0.278. The van der Waals surface area contributed by atoms with Crippen molar-refractivity contribution in [3.63, 3.8) is 0 Å². The lowest BCUT2D eigenvalue weighted by Crippen LogP contribution is -2.37. The van der Waals surface area contributed by atoms with Crippen molar-refractivity contribution in [3.8, 4) is 0 Å². The maximum atomic E-state index is 4.28. The first-order valence-corrected chi connectivity index (χ1v) is 8.73. The van der Waals surface area contributed by atoms with E-state index < -0.39 is 0 Å². The molecule has 120 valence electrons. The predicted octanol–water partition coefficient (Wildman–Crippen LogP) is 3.45. The maximum absolute atomic E-state index is 4.28. The molecule has 0 fully saturated rings. The van der Waals surface area contributed by atoms with Crippen LogP contribution in [0, 0.1) is 6.92 Å². The number of rotatable bonds is 5. The highest BCUT2D eigenvalue weighted by Crippen LogP contribution is 2.22. The van der Waals surface area contributed by atoms with Gasteiger partial charge in [0.05, 0.1) is 0 Å². The highest BCUT2D eigenvalue weighted by Gasteiger charge is 2.06. The van der Waals surface area contributed by atoms with Gasteiger partial charge in [-0.05, 0) is 52.9 Å². The summed E-state index contributed by atoms with van der Waals surface area (Å²) >= 11 is 1.71. The van der Waals surface area contributed by atoms with E-state index >= 15 is 0 Å². The van der Waals surface area contributed by atoms with Crippen LogP contribution < -0.4 is 10.6 Å². The van der Waals surface area contributed by atoms with Crippen LogP contribution in [0.5, 0.6) is 0 Å². The number of hydrogen-bond acceptors (Lipinski definition) is 2. The van der Waals surface area contributed by atoms with Crippen LogP contribution in [0.3, 0.4) is 0 Å². The molecule has 0 aliphatic carbocycles. The Balaban J connectivity index is 1.55. The summed E-state index contributed by atoms with van der Waals surface area (Å²) in [5.74, 6) is 0.841. The minimum atomic E-state index is 0.801. The van der Waals surface area contributed by atoms with E-state index in [1.807, 2.05) is 0 Å². The van der Waals surface area contributed by atoms with Gasteiger partial charge in [0, 0.05) is 37.2 Å². The second-order valence-corrected chi connectivity index (χ2v) is 6.33. The SMILES string of the molecule is CN=C(NCCc1c[nH]c2cccc(C)c12)NCc1ccsc1. The van der Waals surface area contributed by atoms with Crippen molar-refractivity contribution in [3.05, 3.63) is 57.9 Å². The van der Waals surface area contributed by atoms with Crippen LogP contribution in [0.15, 0.2) is 46.2 Å². The Labute approximate surface area is 140 Å². The number of fused-ring (bicyclic) bond motifs is 1. The fourth-order valence-corrected chi connectivity index (χ4v) is 3.43. The Morgan fingerprint density at radius 2 is 2.17 bits per heavy atom. The largest absolute Gasteiger partial charge is 0.361 e. The van der Waals surface area contributed by atoms with Crippen LogP contribution in [-0.2, 0) is 13.0 Å². The first-order chi connectivity index (χ1) is 11.3. The number of aromatic nitrogens is 1. The number of nitrogens with zero attached hydrogens (tertiary/aromatic N) is 1. The van der Waals surface area contributed by atoms with Gasteiger partial charge in [0.1, 0.15) is 0 Å². The van der Waals surface area contributed by atoms with E-state index in [1.165, 1.54) is 27.6 Å². The average molecular weight is 326 g/mol. The summed E-state index contributed by atoms with van der Waals surface area (Å²) in [6.45, 7) is 3.81. The molecule has 0 atom stereocenters. The molecule has 0 spiro atoms. The topological polar surface area (TPSA) is 52.2 Å². The molecule has 23 heavy (non-hydrogen) atoms. The lowest BCUT2D eigenvalue weighted by molar-refractivity contribution is 0.797. The van der Waals surface area contributed by atoms with Gasteiger partial charge in [-0.2, -0.15) is 11.3 Å². The Morgan fingerprint density at radius 3 is 2.96 bits per heavy atom. The second kappa shape index (κ2) is 7.33. The lowest BCUT2D eigenvalue weighted by Gasteiger charge is -2.11. The van der Waals surface area contributed by atoms with Crippen molar-refractivity contribution < 1.29 is 0 Å². The summed E-state index contributed by atoms with van der Waals surface area (Å²) in [4.78, 5) is 7.63. The first kappa shape index (κ1) is 15.6. The number of guanidine groups is 1. The molecule has 4 nitrogen and oxygen atoms in total. The molecule has 0 aliphatic rings. The first-order valence-electron chi connectivity index (χ1n) is 7.79. The van der Waals surface area contributed by atoms with Gasteiger partial charge in [-0.1, -0.05) is 12.1 Å². The maximum Gasteiger partial charge on any atom is 0.191 e. The number of thiophene rings is 1. The van der Waals surface area contributed by atoms with E-state index in [2.05, 4.69) is 68.8 Å². The summed E-state index contributed by atoms with van der Waals surface area (Å²) in [7, 11) is 1.80. The van der Waals surface area contributed by atoms with Crippen LogP contribution in [-0.4, -0.2) is 24.5 Å². The molecule has 0 radical (unpaired) electrons. The van der Waals surface area contributed by atoms with Crippen molar-refractivity contribution in [2.75, 3.05) is 13.6 Å². The van der Waals surface area contributed by atoms with Crippen LogP contribution in [0.4, 0.5) is 0 Å². The van der Waals surface area contributed by atoms with Crippen LogP contribution in [0.25, 0.3) is 10.9 Å². The smallest absolute Gasteiger partial charge is 0.191 e. The number of hydrogen-bond donors (Lipinski definition) is 3. The molecule has 2 heterocycles. The van der Waals surface area contributed by atoms with E-state index in [0.717, 1.165) is 25.5 Å². The minimum Gasteiger partial charge on any atom is -0.361 e. The standard InChI is InChI=1S/C18H22N4S/c1-13-4-3-5-16-17(13)15(11-21-16)6-8-20-18(19-2)22-10-14-7-9-23-12-14/h3-5,7,9,11-12,21H,6,8,10H2,1-2H3,(H2,19,20,22). The summed E-state index contributed by atoms with van der Waals surface area (Å²) in [6, 6.07) is 8.50. The molecular formula is C18H22N4S. The average Bonchev–Trinajstić information content (AvgIpc) is 3.21. The van der Waals surface area contributed by atoms with E-state index in [4.69, 9.17) is 0 Å². The van der Waals surface area contributed by atoms with E-state index in [0.29, 0.717) is 0 Å². The number of H-pyrrole nitrogens is 1. The Bertz CT molecular complexity index is 787. The molecule has 2 aromatic heterocycles. The molecule has 0 saturated carbocycles. The van der Waals surface area contributed by atoms with Gasteiger partial charge in [0.2, 0.25) is 0 Å². The zero-order valence-corrected chi connectivity index (χ0v) is 14.3. The van der Waals surface area contributed by atoms with Gasteiger partial charge in [-0.3, -0.25) is 4.99 Å². The van der Waals surface area contributed by atoms with Gasteiger partial charge < -0.3 is 15.6 Å². The van der Waals surface area contributed by atoms with Crippen LogP contribution >= 0.6 is 11.3 Å². The van der Waals surface area contributed by atoms with Gasteiger partial charge in [0.25, 0.3) is 0 Å². The second-order valence-electron chi connectivity index (χ2n) is 5.55. The van der Waals surface area contributed by atoms with Gasteiger partial charge in [-0.25, -0.2) is 0 Å². The summed E-state index contributed by atoms with van der Waals surface area (Å²) in [5, 5.41) is 12.3. The number of aliphatic imine (C=N–C) groups is 1. The normalized spacial score (nSPS) is 11.8. The van der Waals surface area contributed by atoms with Gasteiger partial charge in [0.15, 0.2) is 5.96 Å². The Morgan fingerprint density at radius 1 is 1.26 bits per heavy atom. The Kier molecular flexibility index (Phi) is 4.98. The molecule has 1 aromatic carbocycles. The predicted molar refractivity (Wildman–Crippen MR) is 99.3 cm³/mol. The zero-order chi connectivity index (χ0) is 16.1. The molecule has 5 heteroatoms. The molecule has 3 aromatic rings. The molecular weight excluding hydrogens is 304 g/mol. The van der Waals surface area contributed by atoms with Gasteiger partial charge in [-0.15, -0.1) is 0 Å². The third-order valence-corrected chi connectivity index (χ3v) is 4.68. The highest BCUT2D eigenvalue weighted by molar-refractivity contribution is 7.07. The molecule has 0 saturated heterocycles. The quantitative estimate of drug-likeness (QED) is 0.497. The van der Waals surface area contributed by atoms with Crippen molar-refractivity contribution >= 4 is 28.2 Å². The van der Waals surface area contributed by atoms with E-state index in [9.17, 15) is 0 Å². The minimum absolute atomic E-state index is 0.801. The van der Waals surface area contributed by atoms with Gasteiger partial charge >= 0.3 is 0 Å². The van der Waals surface area contributed by atoms with Crippen LogP contribution in [0.2, 0.25) is 0 Å². The Hall–Kier alpha value is -2.27. The molecule has 0 aliphatic heterocycles. The molecule has 0 amide bonds. The summed E-state index contributed by atoms with van der Waals surface area (Å²) < 4.78 is 0. The fourth-order valence-electron chi connectivity index (χ4n) is 2.76. The molecule has 0 bridgehead atoms. The number of benzene rings is 1. The number of aromatic amines is 1. The zero-order valence-electron chi connectivity index (χ0n) is 13.5. The monoisotopic (exact) mass is 326 g/mol. The summed E-state index contributed by atoms with van der Waals surface area (Å²) in [5.41, 5.74) is 5.16. The lowest BCUT2D eigenvalue weighted by atomic mass is 10.1. The number of nitrogens with one attached hydrogen (secondary N) is 3. The number of aryl methyl sites for hydroxylation is 1. The van der Waals surface area contributed by atoms with Crippen LogP contribution in [0.1, 0.15) is 16.7 Å². The van der Waals surface area contributed by atoms with Crippen molar-refractivity contribution in [2.45, 2.75) is 19.9 Å². The van der Waals surface area contributed by atoms with Crippen molar-refractivity contribution in [1.29, 1.82) is 0 Å². The van der Waals surface area contributed by atoms with E-state index in [1.54, 1.807) is 18.4 Å². The van der Waals surface area contributed by atoms with E-state index in [-0.39, 0.29) is 0 Å². The third-order valence-electron chi connectivity index (χ3n) is 3.95. The summed E-state index contributed by atoms with van der Waals surface area (Å²) in [6.07, 6.45) is 3.07. The third kappa shape index (κ3) is 3.74. The molecule has 0 unspecified atom stereocenters.